The van der Waals surface area contributed by atoms with Gasteiger partial charge < -0.3 is 15.1 Å². The molecule has 0 atom stereocenters. The zero-order valence-electron chi connectivity index (χ0n) is 15.4. The largest absolute Gasteiger partial charge is 0.353 e. The summed E-state index contributed by atoms with van der Waals surface area (Å²) in [7, 11) is 0. The molecule has 0 spiro atoms. The number of hydrogen-bond donors (Lipinski definition) is 1. The van der Waals surface area contributed by atoms with Gasteiger partial charge in [-0.05, 0) is 31.2 Å². The van der Waals surface area contributed by atoms with E-state index in [0.29, 0.717) is 11.6 Å². The third-order valence-electron chi connectivity index (χ3n) is 4.59. The third-order valence-corrected chi connectivity index (χ3v) is 4.59. The molecule has 1 aliphatic rings. The summed E-state index contributed by atoms with van der Waals surface area (Å²) in [5.41, 5.74) is 1.19. The number of aryl methyl sites for hydroxylation is 1. The third kappa shape index (κ3) is 4.00. The number of rotatable bonds is 4. The minimum absolute atomic E-state index is 0.355. The van der Waals surface area contributed by atoms with Crippen LogP contribution in [0.1, 0.15) is 5.69 Å². The number of hydrogen-bond acceptors (Lipinski definition) is 6. The van der Waals surface area contributed by atoms with E-state index < -0.39 is 11.6 Å². The summed E-state index contributed by atoms with van der Waals surface area (Å²) in [5, 5.41) is 2.95. The molecule has 0 radical (unpaired) electrons. The number of nitrogens with one attached hydrogen (secondary N) is 1. The van der Waals surface area contributed by atoms with Crippen LogP contribution in [0.25, 0.3) is 0 Å². The Kier molecular flexibility index (Phi) is 5.01. The molecule has 0 saturated carbocycles. The standard InChI is InChI=1S/C20H20F2N6/c1-14-12-19(26-20(24-14)25-15-5-6-16(21)17(22)13-15)28-10-8-27(9-11-28)18-4-2-3-7-23-18/h2-7,12-13H,8-11H2,1H3,(H,24,25,26). The van der Waals surface area contributed by atoms with Crippen LogP contribution in [0.5, 0.6) is 0 Å². The first-order valence-electron chi connectivity index (χ1n) is 9.07. The maximum atomic E-state index is 13.4. The molecule has 4 rings (SSSR count). The van der Waals surface area contributed by atoms with Gasteiger partial charge in [0, 0.05) is 55.9 Å². The highest BCUT2D eigenvalue weighted by atomic mass is 19.2. The molecule has 0 amide bonds. The molecule has 8 heteroatoms. The maximum Gasteiger partial charge on any atom is 0.229 e. The molecule has 6 nitrogen and oxygen atoms in total. The zero-order valence-corrected chi connectivity index (χ0v) is 15.4. The van der Waals surface area contributed by atoms with E-state index in [2.05, 4.69) is 30.1 Å². The van der Waals surface area contributed by atoms with Crippen molar-refractivity contribution in [1.82, 2.24) is 15.0 Å². The molecule has 0 unspecified atom stereocenters. The van der Waals surface area contributed by atoms with Crippen LogP contribution in [0.3, 0.4) is 0 Å². The lowest BCUT2D eigenvalue weighted by Gasteiger charge is -2.36. The van der Waals surface area contributed by atoms with Crippen molar-refractivity contribution in [1.29, 1.82) is 0 Å². The minimum Gasteiger partial charge on any atom is -0.353 e. The van der Waals surface area contributed by atoms with Crippen LogP contribution in [-0.4, -0.2) is 41.1 Å². The average molecular weight is 382 g/mol. The fraction of sp³-hybridized carbons (Fsp3) is 0.250. The minimum atomic E-state index is -0.913. The molecule has 1 saturated heterocycles. The van der Waals surface area contributed by atoms with Crippen molar-refractivity contribution in [2.24, 2.45) is 0 Å². The number of aromatic nitrogens is 3. The molecule has 3 aromatic rings. The molecule has 28 heavy (non-hydrogen) atoms. The smallest absolute Gasteiger partial charge is 0.229 e. The van der Waals surface area contributed by atoms with E-state index >= 15 is 0 Å². The number of piperazine rings is 1. The van der Waals surface area contributed by atoms with Crippen molar-refractivity contribution in [3.8, 4) is 0 Å². The zero-order chi connectivity index (χ0) is 19.5. The summed E-state index contributed by atoms with van der Waals surface area (Å²) in [6, 6.07) is 11.4. The number of halogens is 2. The second-order valence-electron chi connectivity index (χ2n) is 6.61. The van der Waals surface area contributed by atoms with E-state index in [0.717, 1.165) is 55.6 Å². The molecule has 1 N–H and O–H groups in total. The first kappa shape index (κ1) is 18.1. The van der Waals surface area contributed by atoms with Crippen molar-refractivity contribution in [2.75, 3.05) is 41.3 Å². The van der Waals surface area contributed by atoms with Gasteiger partial charge in [0.1, 0.15) is 11.6 Å². The molecule has 1 aromatic carbocycles. The van der Waals surface area contributed by atoms with E-state index in [1.807, 2.05) is 31.2 Å². The Morgan fingerprint density at radius 2 is 1.61 bits per heavy atom. The predicted molar refractivity (Wildman–Crippen MR) is 105 cm³/mol. The topological polar surface area (TPSA) is 57.2 Å². The van der Waals surface area contributed by atoms with Crippen molar-refractivity contribution < 1.29 is 8.78 Å². The van der Waals surface area contributed by atoms with E-state index in [-0.39, 0.29) is 0 Å². The fourth-order valence-electron chi connectivity index (χ4n) is 3.18. The summed E-state index contributed by atoms with van der Waals surface area (Å²) in [4.78, 5) is 17.7. The molecule has 1 aliphatic heterocycles. The summed E-state index contributed by atoms with van der Waals surface area (Å²) in [6.45, 7) is 5.17. The van der Waals surface area contributed by atoms with Gasteiger partial charge in [-0.3, -0.25) is 0 Å². The molecule has 0 bridgehead atoms. The molecule has 144 valence electrons. The second-order valence-corrected chi connectivity index (χ2v) is 6.61. The van der Waals surface area contributed by atoms with Crippen molar-refractivity contribution in [3.05, 3.63) is 66.0 Å². The highest BCUT2D eigenvalue weighted by molar-refractivity contribution is 5.56. The molecule has 1 fully saturated rings. The van der Waals surface area contributed by atoms with E-state index in [1.165, 1.54) is 6.07 Å². The van der Waals surface area contributed by atoms with E-state index in [9.17, 15) is 8.78 Å². The quantitative estimate of drug-likeness (QED) is 0.745. The van der Waals surface area contributed by atoms with E-state index in [4.69, 9.17) is 0 Å². The summed E-state index contributed by atoms with van der Waals surface area (Å²) < 4.78 is 26.5. The van der Waals surface area contributed by atoms with Crippen LogP contribution in [0.2, 0.25) is 0 Å². The number of nitrogens with zero attached hydrogens (tertiary/aromatic N) is 5. The highest BCUT2D eigenvalue weighted by Gasteiger charge is 2.20. The molecule has 0 aliphatic carbocycles. The monoisotopic (exact) mass is 382 g/mol. The first-order valence-corrected chi connectivity index (χ1v) is 9.07. The van der Waals surface area contributed by atoms with Crippen LogP contribution >= 0.6 is 0 Å². The Bertz CT molecular complexity index is 958. The van der Waals surface area contributed by atoms with E-state index in [1.54, 1.807) is 6.20 Å². The summed E-state index contributed by atoms with van der Waals surface area (Å²) in [5.74, 6) is 0.332. The Labute approximate surface area is 161 Å². The van der Waals surface area contributed by atoms with Crippen LogP contribution < -0.4 is 15.1 Å². The lowest BCUT2D eigenvalue weighted by molar-refractivity contribution is 0.509. The molecular formula is C20H20F2N6. The van der Waals surface area contributed by atoms with Gasteiger partial charge in [0.2, 0.25) is 5.95 Å². The van der Waals surface area contributed by atoms with Crippen molar-refractivity contribution in [3.63, 3.8) is 0 Å². The SMILES string of the molecule is Cc1cc(N2CCN(c3ccccn3)CC2)nc(Nc2ccc(F)c(F)c2)n1. The summed E-state index contributed by atoms with van der Waals surface area (Å²) >= 11 is 0. The van der Waals surface area contributed by atoms with Gasteiger partial charge >= 0.3 is 0 Å². The van der Waals surface area contributed by atoms with Crippen molar-refractivity contribution >= 4 is 23.3 Å². The summed E-state index contributed by atoms with van der Waals surface area (Å²) in [6.07, 6.45) is 1.80. The Balaban J connectivity index is 1.47. The number of pyridine rings is 1. The Morgan fingerprint density at radius 1 is 0.857 bits per heavy atom. The van der Waals surface area contributed by atoms with Crippen LogP contribution in [0, 0.1) is 18.6 Å². The Morgan fingerprint density at radius 3 is 2.29 bits per heavy atom. The normalized spacial score (nSPS) is 14.2. The number of anilines is 4. The van der Waals surface area contributed by atoms with Crippen LogP contribution in [-0.2, 0) is 0 Å². The lowest BCUT2D eigenvalue weighted by Crippen LogP contribution is -2.47. The maximum absolute atomic E-state index is 13.4. The molecule has 3 heterocycles. The van der Waals surface area contributed by atoms with Crippen molar-refractivity contribution in [2.45, 2.75) is 6.92 Å². The van der Waals surface area contributed by atoms with Gasteiger partial charge in [0.05, 0.1) is 0 Å². The number of benzene rings is 1. The highest BCUT2D eigenvalue weighted by Crippen LogP contribution is 2.22. The molecule has 2 aromatic heterocycles. The predicted octanol–water partition coefficient (Wildman–Crippen LogP) is 3.53. The first-order chi connectivity index (χ1) is 13.6. The second kappa shape index (κ2) is 7.75. The lowest BCUT2D eigenvalue weighted by atomic mass is 10.3. The molecular weight excluding hydrogens is 362 g/mol. The van der Waals surface area contributed by atoms with Gasteiger partial charge in [-0.25, -0.2) is 18.7 Å². The van der Waals surface area contributed by atoms with Crippen LogP contribution in [0.15, 0.2) is 48.7 Å². The van der Waals surface area contributed by atoms with Gasteiger partial charge in [-0.2, -0.15) is 4.98 Å². The average Bonchev–Trinajstić information content (AvgIpc) is 2.71. The Hall–Kier alpha value is -3.29. The van der Waals surface area contributed by atoms with Gasteiger partial charge in [-0.15, -0.1) is 0 Å². The van der Waals surface area contributed by atoms with Gasteiger partial charge in [0.25, 0.3) is 0 Å². The fourth-order valence-corrected chi connectivity index (χ4v) is 3.18. The van der Waals surface area contributed by atoms with Crippen LogP contribution in [0.4, 0.5) is 32.1 Å². The van der Waals surface area contributed by atoms with Gasteiger partial charge in [0.15, 0.2) is 11.6 Å². The van der Waals surface area contributed by atoms with Gasteiger partial charge in [-0.1, -0.05) is 6.07 Å².